The molecule has 3 nitrogen and oxygen atoms in total. The van der Waals surface area contributed by atoms with Crippen LogP contribution in [0.3, 0.4) is 0 Å². The average molecular weight is 403 g/mol. The Kier molecular flexibility index (Phi) is 5.05. The van der Waals surface area contributed by atoms with Gasteiger partial charge in [0.05, 0.1) is 8.95 Å². The molecule has 0 aliphatic heterocycles. The fourth-order valence-electron chi connectivity index (χ4n) is 1.26. The summed E-state index contributed by atoms with van der Waals surface area (Å²) in [6.07, 6.45) is 0.665. The summed E-state index contributed by atoms with van der Waals surface area (Å²) in [5, 5.41) is 9.73. The minimum absolute atomic E-state index is 0.153. The van der Waals surface area contributed by atoms with Crippen LogP contribution < -0.4 is 11.5 Å². The molecule has 0 fully saturated rings. The van der Waals surface area contributed by atoms with Gasteiger partial charge in [-0.25, -0.2) is 0 Å². The summed E-state index contributed by atoms with van der Waals surface area (Å²) in [6.45, 7) is 0.511. The van der Waals surface area contributed by atoms with Gasteiger partial charge in [-0.2, -0.15) is 0 Å². The maximum Gasteiger partial charge on any atom is 0.144 e. The molecule has 0 saturated heterocycles. The van der Waals surface area contributed by atoms with Crippen molar-refractivity contribution in [3.8, 4) is 5.75 Å². The Balaban J connectivity index is 3.23. The summed E-state index contributed by atoms with van der Waals surface area (Å²) in [4.78, 5) is 0. The summed E-state index contributed by atoms with van der Waals surface area (Å²) in [5.74, 6) is 0.153. The molecule has 0 aliphatic rings. The van der Waals surface area contributed by atoms with E-state index in [4.69, 9.17) is 11.5 Å². The molecule has 0 radical (unpaired) electrons. The van der Waals surface area contributed by atoms with Crippen molar-refractivity contribution in [1.29, 1.82) is 0 Å². The van der Waals surface area contributed by atoms with Crippen LogP contribution in [0, 0.1) is 0 Å². The lowest BCUT2D eigenvalue weighted by Crippen LogP contribution is -2.16. The molecule has 0 amide bonds. The second-order valence-electron chi connectivity index (χ2n) is 3.10. The van der Waals surface area contributed by atoms with Crippen molar-refractivity contribution in [2.45, 2.75) is 12.5 Å². The Morgan fingerprint density at radius 3 is 2.40 bits per heavy atom. The predicted octanol–water partition coefficient (Wildman–Crippen LogP) is 3.03. The van der Waals surface area contributed by atoms with Gasteiger partial charge >= 0.3 is 0 Å². The highest BCUT2D eigenvalue weighted by Gasteiger charge is 2.18. The minimum Gasteiger partial charge on any atom is -0.506 e. The number of phenols is 1. The molecule has 84 valence electrons. The first-order chi connectivity index (χ1) is 6.99. The van der Waals surface area contributed by atoms with Crippen LogP contribution in [0.1, 0.15) is 18.0 Å². The van der Waals surface area contributed by atoms with E-state index in [9.17, 15) is 5.11 Å². The normalized spacial score (nSPS) is 12.9. The number of aromatic hydroxyl groups is 1. The van der Waals surface area contributed by atoms with E-state index < -0.39 is 0 Å². The van der Waals surface area contributed by atoms with E-state index in [1.807, 2.05) is 0 Å². The van der Waals surface area contributed by atoms with Crippen LogP contribution in [-0.2, 0) is 0 Å². The Labute approximate surface area is 114 Å². The number of benzene rings is 1. The highest BCUT2D eigenvalue weighted by Crippen LogP contribution is 2.41. The fourth-order valence-corrected chi connectivity index (χ4v) is 3.97. The molecule has 0 saturated carbocycles. The van der Waals surface area contributed by atoms with Gasteiger partial charge in [0, 0.05) is 16.1 Å². The second-order valence-corrected chi connectivity index (χ2v) is 5.60. The number of hydrogen-bond donors (Lipinski definition) is 3. The third-order valence-corrected chi connectivity index (χ3v) is 4.09. The molecule has 0 heterocycles. The number of nitrogens with two attached hydrogens (primary N) is 2. The minimum atomic E-state index is -0.197. The van der Waals surface area contributed by atoms with E-state index in [0.717, 1.165) is 10.0 Å². The molecule has 1 aromatic carbocycles. The van der Waals surface area contributed by atoms with Crippen molar-refractivity contribution < 1.29 is 5.11 Å². The van der Waals surface area contributed by atoms with Crippen LogP contribution in [0.2, 0.25) is 0 Å². The third kappa shape index (κ3) is 2.94. The Hall–Kier alpha value is 0.380. The van der Waals surface area contributed by atoms with Crippen LogP contribution in [0.4, 0.5) is 0 Å². The van der Waals surface area contributed by atoms with E-state index in [-0.39, 0.29) is 11.8 Å². The lowest BCUT2D eigenvalue weighted by molar-refractivity contribution is 0.465. The summed E-state index contributed by atoms with van der Waals surface area (Å²) < 4.78 is 2.06. The molecule has 1 rings (SSSR count). The van der Waals surface area contributed by atoms with Crippen LogP contribution in [-0.4, -0.2) is 11.7 Å². The first-order valence-electron chi connectivity index (χ1n) is 4.31. The molecule has 0 bridgehead atoms. The summed E-state index contributed by atoms with van der Waals surface area (Å²) in [6, 6.07) is 1.57. The second kappa shape index (κ2) is 5.63. The quantitative estimate of drug-likeness (QED) is 0.727. The van der Waals surface area contributed by atoms with Gasteiger partial charge in [0.2, 0.25) is 0 Å². The van der Waals surface area contributed by atoms with Gasteiger partial charge in [0.1, 0.15) is 5.75 Å². The highest BCUT2D eigenvalue weighted by molar-refractivity contribution is 9.11. The first kappa shape index (κ1) is 13.4. The summed E-state index contributed by atoms with van der Waals surface area (Å²) in [7, 11) is 0. The summed E-state index contributed by atoms with van der Waals surface area (Å²) >= 11 is 9.98. The van der Waals surface area contributed by atoms with Crippen LogP contribution >= 0.6 is 47.8 Å². The molecule has 1 atom stereocenters. The van der Waals surface area contributed by atoms with E-state index in [1.54, 1.807) is 6.07 Å². The van der Waals surface area contributed by atoms with Crippen LogP contribution in [0.15, 0.2) is 19.5 Å². The molecule has 15 heavy (non-hydrogen) atoms. The zero-order chi connectivity index (χ0) is 11.6. The standard InChI is InChI=1S/C9H11Br3N2O/c10-4-3-5(11)9(15)8(12)7(4)6(14)1-2-13/h3,6,15H,1-2,13-14H2/t6-/m1/s1. The lowest BCUT2D eigenvalue weighted by Gasteiger charge is -2.16. The van der Waals surface area contributed by atoms with Gasteiger partial charge < -0.3 is 16.6 Å². The van der Waals surface area contributed by atoms with E-state index in [0.29, 0.717) is 21.9 Å². The molecular weight excluding hydrogens is 392 g/mol. The van der Waals surface area contributed by atoms with Crippen molar-refractivity contribution in [1.82, 2.24) is 0 Å². The zero-order valence-electron chi connectivity index (χ0n) is 7.80. The van der Waals surface area contributed by atoms with Crippen molar-refractivity contribution in [3.63, 3.8) is 0 Å². The van der Waals surface area contributed by atoms with Gasteiger partial charge in [-0.05, 0) is 50.9 Å². The lowest BCUT2D eigenvalue weighted by atomic mass is 10.0. The number of rotatable bonds is 3. The molecule has 0 unspecified atom stereocenters. The van der Waals surface area contributed by atoms with Gasteiger partial charge in [-0.1, -0.05) is 15.9 Å². The molecule has 1 aromatic rings. The first-order valence-corrected chi connectivity index (χ1v) is 6.69. The Morgan fingerprint density at radius 1 is 1.27 bits per heavy atom. The van der Waals surface area contributed by atoms with Crippen molar-refractivity contribution in [2.75, 3.05) is 6.54 Å². The highest BCUT2D eigenvalue weighted by atomic mass is 79.9. The van der Waals surface area contributed by atoms with Gasteiger partial charge in [-0.3, -0.25) is 0 Å². The average Bonchev–Trinajstić information content (AvgIpc) is 2.15. The van der Waals surface area contributed by atoms with Crippen molar-refractivity contribution in [3.05, 3.63) is 25.0 Å². The van der Waals surface area contributed by atoms with Gasteiger partial charge in [-0.15, -0.1) is 0 Å². The fraction of sp³-hybridized carbons (Fsp3) is 0.333. The number of phenolic OH excluding ortho intramolecular Hbond substituents is 1. The van der Waals surface area contributed by atoms with Crippen LogP contribution in [0.25, 0.3) is 0 Å². The van der Waals surface area contributed by atoms with Crippen LogP contribution in [0.5, 0.6) is 5.75 Å². The van der Waals surface area contributed by atoms with E-state index >= 15 is 0 Å². The van der Waals surface area contributed by atoms with Crippen molar-refractivity contribution >= 4 is 47.8 Å². The third-order valence-electron chi connectivity index (χ3n) is 2.03. The molecular formula is C9H11Br3N2O. The molecule has 6 heteroatoms. The topological polar surface area (TPSA) is 72.3 Å². The van der Waals surface area contributed by atoms with Gasteiger partial charge in [0.25, 0.3) is 0 Å². The largest absolute Gasteiger partial charge is 0.506 e. The smallest absolute Gasteiger partial charge is 0.144 e. The van der Waals surface area contributed by atoms with E-state index in [1.165, 1.54) is 0 Å². The Morgan fingerprint density at radius 2 is 1.87 bits per heavy atom. The van der Waals surface area contributed by atoms with Gasteiger partial charge in [0.15, 0.2) is 0 Å². The molecule has 0 aromatic heterocycles. The van der Waals surface area contributed by atoms with Crippen molar-refractivity contribution in [2.24, 2.45) is 11.5 Å². The SMILES string of the molecule is NCC[C@@H](N)c1c(Br)cc(Br)c(O)c1Br. The monoisotopic (exact) mass is 400 g/mol. The van der Waals surface area contributed by atoms with E-state index in [2.05, 4.69) is 47.8 Å². The zero-order valence-corrected chi connectivity index (χ0v) is 12.6. The number of halogens is 3. The number of hydrogen-bond acceptors (Lipinski definition) is 3. The molecule has 0 aliphatic carbocycles. The Bertz CT molecular complexity index is 371. The predicted molar refractivity (Wildman–Crippen MR) is 71.8 cm³/mol. The summed E-state index contributed by atoms with van der Waals surface area (Å²) in [5.41, 5.74) is 12.2. The molecule has 5 N–H and O–H groups in total. The molecule has 0 spiro atoms. The maximum absolute atomic E-state index is 9.73. The maximum atomic E-state index is 9.73.